The molecule has 4 N–H and O–H groups in total. The summed E-state index contributed by atoms with van der Waals surface area (Å²) in [4.78, 5) is 70.3. The van der Waals surface area contributed by atoms with Crippen LogP contribution in [-0.2, 0) is 32.0 Å². The fourth-order valence-corrected chi connectivity index (χ4v) is 6.35. The van der Waals surface area contributed by atoms with Crippen molar-refractivity contribution in [3.63, 3.8) is 0 Å². The van der Waals surface area contributed by atoms with Crippen LogP contribution in [0.3, 0.4) is 0 Å². The fourth-order valence-electron chi connectivity index (χ4n) is 6.35. The number of hydrogen-bond donors (Lipinski definition) is 4. The molecule has 4 atom stereocenters. The Balaban J connectivity index is 1.47. The molecule has 2 bridgehead atoms. The molecule has 0 radical (unpaired) electrons. The zero-order valence-electron chi connectivity index (χ0n) is 30.9. The van der Waals surface area contributed by atoms with E-state index < -0.39 is 41.8 Å². The predicted octanol–water partition coefficient (Wildman–Crippen LogP) is 3.43. The molecule has 5 amide bonds. The Labute approximate surface area is 311 Å². The first-order valence-electron chi connectivity index (χ1n) is 18.4. The number of methoxy groups -OCH3 is 1. The van der Waals surface area contributed by atoms with Gasteiger partial charge in [0.15, 0.2) is 0 Å². The molecule has 3 aromatic carbocycles. The van der Waals surface area contributed by atoms with Crippen molar-refractivity contribution in [3.05, 3.63) is 95.6 Å². The SMILES string of the molecule is COc1ccc(C[C@@H]2NC(=O)[C@@H](NC(=O)c3ccccc3)Cc3ccc(cc3)OC[C@H](CC(C)C)NC(=O)CN(CC3CC3)C(=O)[C@@H](C)NC2=O)cc1. The van der Waals surface area contributed by atoms with Gasteiger partial charge < -0.3 is 35.6 Å². The molecule has 12 nitrogen and oxygen atoms in total. The number of amides is 5. The average molecular weight is 726 g/mol. The number of fused-ring (bicyclic) bond motifs is 17. The Morgan fingerprint density at radius 2 is 1.60 bits per heavy atom. The summed E-state index contributed by atoms with van der Waals surface area (Å²) in [5.41, 5.74) is 1.87. The van der Waals surface area contributed by atoms with Crippen molar-refractivity contribution < 1.29 is 33.4 Å². The van der Waals surface area contributed by atoms with E-state index in [1.54, 1.807) is 80.8 Å². The van der Waals surface area contributed by atoms with Gasteiger partial charge in [-0.25, -0.2) is 0 Å². The minimum absolute atomic E-state index is 0.0965. The van der Waals surface area contributed by atoms with Gasteiger partial charge in [-0.3, -0.25) is 24.0 Å². The first-order valence-corrected chi connectivity index (χ1v) is 18.4. The predicted molar refractivity (Wildman–Crippen MR) is 200 cm³/mol. The maximum atomic E-state index is 14.1. The van der Waals surface area contributed by atoms with Crippen LogP contribution in [0.15, 0.2) is 78.9 Å². The largest absolute Gasteiger partial charge is 0.497 e. The van der Waals surface area contributed by atoms with E-state index in [9.17, 15) is 24.0 Å². The van der Waals surface area contributed by atoms with Crippen LogP contribution in [0, 0.1) is 11.8 Å². The topological polar surface area (TPSA) is 155 Å². The maximum absolute atomic E-state index is 14.1. The fraction of sp³-hybridized carbons (Fsp3) is 0.439. The third kappa shape index (κ3) is 11.8. The molecule has 3 aromatic rings. The molecule has 3 aliphatic rings. The Hall–Kier alpha value is -5.39. The minimum atomic E-state index is -1.11. The van der Waals surface area contributed by atoms with Crippen molar-refractivity contribution in [2.75, 3.05) is 26.8 Å². The number of ether oxygens (including phenoxy) is 2. The first kappa shape index (κ1) is 38.8. The van der Waals surface area contributed by atoms with Crippen molar-refractivity contribution in [2.45, 2.75) is 77.0 Å². The average Bonchev–Trinajstić information content (AvgIpc) is 3.97. The van der Waals surface area contributed by atoms with E-state index in [1.807, 2.05) is 12.1 Å². The third-order valence-corrected chi connectivity index (χ3v) is 9.38. The summed E-state index contributed by atoms with van der Waals surface area (Å²) in [6.45, 7) is 6.18. The van der Waals surface area contributed by atoms with Crippen molar-refractivity contribution in [1.82, 2.24) is 26.2 Å². The van der Waals surface area contributed by atoms with Crippen LogP contribution in [0.1, 0.15) is 61.5 Å². The van der Waals surface area contributed by atoms with Crippen molar-refractivity contribution in [2.24, 2.45) is 11.8 Å². The second kappa shape index (κ2) is 18.4. The number of nitrogens with zero attached hydrogens (tertiary/aromatic N) is 1. The molecular formula is C41H51N5O7. The summed E-state index contributed by atoms with van der Waals surface area (Å²) in [5, 5.41) is 11.6. The van der Waals surface area contributed by atoms with E-state index in [1.165, 1.54) is 4.90 Å². The summed E-state index contributed by atoms with van der Waals surface area (Å²) in [5.74, 6) is -0.501. The van der Waals surface area contributed by atoms with Crippen molar-refractivity contribution in [3.8, 4) is 11.5 Å². The molecule has 1 aliphatic carbocycles. The highest BCUT2D eigenvalue weighted by atomic mass is 16.5. The van der Waals surface area contributed by atoms with Crippen LogP contribution >= 0.6 is 0 Å². The maximum Gasteiger partial charge on any atom is 0.251 e. The molecule has 0 unspecified atom stereocenters. The standard InChI is InChI=1S/C41H51N5O7/c1-26(2)20-32-25-53-34-18-14-29(15-19-34)22-36(44-38(48)31-8-6-5-7-9-31)40(50)45-35(21-28-12-16-33(52-4)17-13-28)39(49)42-27(3)41(51)46(23-30-10-11-30)24-37(47)43-32/h5-9,12-19,26-27,30,32,35-36H,10-11,20-25H2,1-4H3,(H,42,49)(H,43,47)(H,44,48)(H,45,50)/t27-,32+,35+,36+/m1/s1. The van der Waals surface area contributed by atoms with Crippen LogP contribution in [-0.4, -0.2) is 85.4 Å². The van der Waals surface area contributed by atoms with E-state index in [0.29, 0.717) is 35.9 Å². The molecule has 2 aliphatic heterocycles. The van der Waals surface area contributed by atoms with Crippen molar-refractivity contribution in [1.29, 1.82) is 0 Å². The number of carbonyl (C=O) groups is 5. The molecule has 282 valence electrons. The monoisotopic (exact) mass is 725 g/mol. The van der Waals surface area contributed by atoms with Gasteiger partial charge in [-0.05, 0) is 85.5 Å². The normalized spacial score (nSPS) is 21.9. The lowest BCUT2D eigenvalue weighted by atomic mass is 10.0. The van der Waals surface area contributed by atoms with Gasteiger partial charge in [-0.1, -0.05) is 56.3 Å². The van der Waals surface area contributed by atoms with Crippen LogP contribution in [0.2, 0.25) is 0 Å². The summed E-state index contributed by atoms with van der Waals surface area (Å²) in [6, 6.07) is 19.5. The lowest BCUT2D eigenvalue weighted by Crippen LogP contribution is -2.58. The molecule has 0 aromatic heterocycles. The number of hydrogen-bond acceptors (Lipinski definition) is 7. The third-order valence-electron chi connectivity index (χ3n) is 9.38. The number of carbonyl (C=O) groups excluding carboxylic acids is 5. The molecule has 12 heteroatoms. The van der Waals surface area contributed by atoms with Gasteiger partial charge in [0.2, 0.25) is 23.6 Å². The van der Waals surface area contributed by atoms with E-state index in [0.717, 1.165) is 24.0 Å². The van der Waals surface area contributed by atoms with Gasteiger partial charge in [0, 0.05) is 24.9 Å². The molecule has 0 saturated heterocycles. The van der Waals surface area contributed by atoms with Crippen LogP contribution < -0.4 is 30.7 Å². The Morgan fingerprint density at radius 3 is 2.25 bits per heavy atom. The Kier molecular flexibility index (Phi) is 13.5. The first-order chi connectivity index (χ1) is 25.5. The molecule has 53 heavy (non-hydrogen) atoms. The highest BCUT2D eigenvalue weighted by molar-refractivity contribution is 5.99. The van der Waals surface area contributed by atoms with E-state index in [2.05, 4.69) is 35.1 Å². The van der Waals surface area contributed by atoms with Crippen LogP contribution in [0.5, 0.6) is 11.5 Å². The molecule has 2 heterocycles. The van der Waals surface area contributed by atoms with Gasteiger partial charge in [0.05, 0.1) is 19.7 Å². The molecule has 1 fully saturated rings. The zero-order valence-corrected chi connectivity index (χ0v) is 30.9. The summed E-state index contributed by atoms with van der Waals surface area (Å²) in [6.07, 6.45) is 2.82. The lowest BCUT2D eigenvalue weighted by molar-refractivity contribution is -0.140. The molecule has 6 rings (SSSR count). The molecule has 0 spiro atoms. The van der Waals surface area contributed by atoms with Crippen molar-refractivity contribution >= 4 is 29.5 Å². The summed E-state index contributed by atoms with van der Waals surface area (Å²) in [7, 11) is 1.56. The van der Waals surface area contributed by atoms with Gasteiger partial charge in [0.25, 0.3) is 5.91 Å². The van der Waals surface area contributed by atoms with Crippen LogP contribution in [0.4, 0.5) is 0 Å². The minimum Gasteiger partial charge on any atom is -0.497 e. The van der Waals surface area contributed by atoms with Gasteiger partial charge in [-0.2, -0.15) is 0 Å². The molecule has 1 saturated carbocycles. The second-order valence-electron chi connectivity index (χ2n) is 14.5. The number of rotatable bonds is 9. The smallest absolute Gasteiger partial charge is 0.251 e. The van der Waals surface area contributed by atoms with Crippen LogP contribution in [0.25, 0.3) is 0 Å². The number of benzene rings is 3. The van der Waals surface area contributed by atoms with Gasteiger partial charge >= 0.3 is 0 Å². The van der Waals surface area contributed by atoms with Gasteiger partial charge in [0.1, 0.15) is 36.2 Å². The Bertz CT molecular complexity index is 1710. The lowest BCUT2D eigenvalue weighted by Gasteiger charge is -2.29. The Morgan fingerprint density at radius 1 is 0.906 bits per heavy atom. The second-order valence-corrected chi connectivity index (χ2v) is 14.5. The summed E-state index contributed by atoms with van der Waals surface area (Å²) >= 11 is 0. The van der Waals surface area contributed by atoms with E-state index in [-0.39, 0.29) is 43.9 Å². The molecular weight excluding hydrogens is 674 g/mol. The highest BCUT2D eigenvalue weighted by Crippen LogP contribution is 2.30. The van der Waals surface area contributed by atoms with E-state index >= 15 is 0 Å². The quantitative estimate of drug-likeness (QED) is 0.247. The van der Waals surface area contributed by atoms with Gasteiger partial charge in [-0.15, -0.1) is 0 Å². The van der Waals surface area contributed by atoms with E-state index in [4.69, 9.17) is 9.47 Å². The number of nitrogens with one attached hydrogen (secondary N) is 4. The summed E-state index contributed by atoms with van der Waals surface area (Å²) < 4.78 is 11.4. The zero-order chi connectivity index (χ0) is 37.9. The highest BCUT2D eigenvalue weighted by Gasteiger charge is 2.33.